The van der Waals surface area contributed by atoms with E-state index in [1.165, 1.54) is 5.56 Å². The Morgan fingerprint density at radius 2 is 1.46 bits per heavy atom. The van der Waals surface area contributed by atoms with E-state index in [0.717, 1.165) is 38.0 Å². The second-order valence-corrected chi connectivity index (χ2v) is 9.51. The lowest BCUT2D eigenvalue weighted by atomic mass is 9.78. The van der Waals surface area contributed by atoms with Crippen molar-refractivity contribution < 1.29 is 9.90 Å². The maximum absolute atomic E-state index is 13.7. The molecule has 4 heterocycles. The van der Waals surface area contributed by atoms with Gasteiger partial charge >= 0.3 is 0 Å². The maximum Gasteiger partial charge on any atom is 0.223 e. The van der Waals surface area contributed by atoms with E-state index < -0.39 is 11.6 Å². The molecule has 5 rings (SSSR count). The average molecular weight is 494 g/mol. The number of rotatable bonds is 8. The van der Waals surface area contributed by atoms with Crippen LogP contribution < -0.4 is 5.32 Å². The number of carbonyl (C=O) groups is 1. The van der Waals surface area contributed by atoms with Crippen LogP contribution in [-0.4, -0.2) is 44.0 Å². The number of carbonyl (C=O) groups excluding carboxylic acids is 1. The summed E-state index contributed by atoms with van der Waals surface area (Å²) in [6.07, 6.45) is 11.8. The third-order valence-electron chi connectivity index (χ3n) is 7.13. The Morgan fingerprint density at radius 1 is 0.865 bits per heavy atom. The first-order valence-corrected chi connectivity index (χ1v) is 12.6. The Kier molecular flexibility index (Phi) is 7.63. The quantitative estimate of drug-likeness (QED) is 0.387. The van der Waals surface area contributed by atoms with E-state index >= 15 is 0 Å². The summed E-state index contributed by atoms with van der Waals surface area (Å²) in [6.45, 7) is 2.49. The van der Waals surface area contributed by atoms with Gasteiger partial charge in [0.1, 0.15) is 5.60 Å². The van der Waals surface area contributed by atoms with E-state index in [2.05, 4.69) is 31.2 Å². The molecule has 1 aromatic carbocycles. The van der Waals surface area contributed by atoms with E-state index in [9.17, 15) is 9.90 Å². The number of amides is 1. The van der Waals surface area contributed by atoms with Crippen LogP contribution >= 0.6 is 0 Å². The first-order valence-electron chi connectivity index (χ1n) is 12.6. The second kappa shape index (κ2) is 11.4. The lowest BCUT2D eigenvalue weighted by Gasteiger charge is -2.39. The van der Waals surface area contributed by atoms with Crippen molar-refractivity contribution in [1.82, 2.24) is 25.2 Å². The van der Waals surface area contributed by atoms with Crippen LogP contribution in [0.1, 0.15) is 41.1 Å². The van der Waals surface area contributed by atoms with E-state index in [1.807, 2.05) is 54.7 Å². The van der Waals surface area contributed by atoms with Crippen LogP contribution in [0.2, 0.25) is 0 Å². The van der Waals surface area contributed by atoms with Gasteiger partial charge in [-0.25, -0.2) is 0 Å². The molecule has 0 saturated carbocycles. The molecular weight excluding hydrogens is 462 g/mol. The molecule has 1 saturated heterocycles. The van der Waals surface area contributed by atoms with Crippen molar-refractivity contribution >= 4 is 5.91 Å². The molecule has 37 heavy (non-hydrogen) atoms. The Hall–Kier alpha value is -3.94. The normalized spacial score (nSPS) is 15.7. The number of likely N-dealkylation sites (tertiary alicyclic amines) is 1. The molecule has 1 fully saturated rings. The third-order valence-corrected chi connectivity index (χ3v) is 7.13. The molecule has 188 valence electrons. The topological polar surface area (TPSA) is 91.2 Å². The van der Waals surface area contributed by atoms with Crippen LogP contribution in [-0.2, 0) is 16.9 Å². The van der Waals surface area contributed by atoms with Gasteiger partial charge in [-0.2, -0.15) is 0 Å². The van der Waals surface area contributed by atoms with Gasteiger partial charge < -0.3 is 10.4 Å². The van der Waals surface area contributed by atoms with Crippen LogP contribution in [0.25, 0.3) is 0 Å². The molecule has 7 nitrogen and oxygen atoms in total. The lowest BCUT2D eigenvalue weighted by molar-refractivity contribution is -0.129. The van der Waals surface area contributed by atoms with Crippen LogP contribution in [0, 0.1) is 5.92 Å². The Morgan fingerprint density at radius 3 is 2.00 bits per heavy atom. The summed E-state index contributed by atoms with van der Waals surface area (Å²) in [6, 6.07) is 20.2. The molecule has 2 N–H and O–H groups in total. The molecule has 3 aromatic heterocycles. The van der Waals surface area contributed by atoms with Gasteiger partial charge in [0.25, 0.3) is 0 Å². The van der Waals surface area contributed by atoms with E-state index in [0.29, 0.717) is 11.1 Å². The highest BCUT2D eigenvalue weighted by molar-refractivity contribution is 5.79. The Balaban J connectivity index is 1.40. The molecule has 0 aliphatic carbocycles. The van der Waals surface area contributed by atoms with Gasteiger partial charge in [-0.15, -0.1) is 0 Å². The third kappa shape index (κ3) is 5.58. The molecule has 0 spiro atoms. The summed E-state index contributed by atoms with van der Waals surface area (Å²) in [5, 5.41) is 15.6. The molecule has 1 aliphatic rings. The van der Waals surface area contributed by atoms with Gasteiger partial charge in [0.15, 0.2) is 0 Å². The van der Waals surface area contributed by atoms with E-state index in [-0.39, 0.29) is 11.8 Å². The Labute approximate surface area is 217 Å². The van der Waals surface area contributed by atoms with Gasteiger partial charge in [-0.1, -0.05) is 48.5 Å². The summed E-state index contributed by atoms with van der Waals surface area (Å²) >= 11 is 0. The summed E-state index contributed by atoms with van der Waals surface area (Å²) in [4.78, 5) is 28.8. The number of hydrogen-bond donors (Lipinski definition) is 2. The van der Waals surface area contributed by atoms with Crippen molar-refractivity contribution in [2.24, 2.45) is 5.92 Å². The zero-order valence-corrected chi connectivity index (χ0v) is 20.6. The lowest BCUT2D eigenvalue weighted by Crippen LogP contribution is -2.48. The number of nitrogens with zero attached hydrogens (tertiary/aromatic N) is 4. The summed E-state index contributed by atoms with van der Waals surface area (Å²) < 4.78 is 0. The van der Waals surface area contributed by atoms with Crippen molar-refractivity contribution in [1.29, 1.82) is 0 Å². The van der Waals surface area contributed by atoms with Crippen molar-refractivity contribution in [2.45, 2.75) is 31.0 Å². The van der Waals surface area contributed by atoms with Crippen LogP contribution in [0.4, 0.5) is 0 Å². The van der Waals surface area contributed by atoms with Gasteiger partial charge in [-0.05, 0) is 55.3 Å². The fourth-order valence-corrected chi connectivity index (χ4v) is 5.11. The van der Waals surface area contributed by atoms with Gasteiger partial charge in [0.05, 0.1) is 6.04 Å². The largest absolute Gasteiger partial charge is 0.378 e. The number of benzene rings is 1. The maximum atomic E-state index is 13.7. The predicted molar refractivity (Wildman–Crippen MR) is 141 cm³/mol. The van der Waals surface area contributed by atoms with Crippen molar-refractivity contribution in [2.75, 3.05) is 13.1 Å². The number of pyridine rings is 3. The first kappa shape index (κ1) is 24.7. The molecule has 1 atom stereocenters. The van der Waals surface area contributed by atoms with Crippen LogP contribution in [0.5, 0.6) is 0 Å². The van der Waals surface area contributed by atoms with E-state index in [1.54, 1.807) is 43.1 Å². The standard InChI is InChI=1S/C30H31N5O2/c36-29(25-12-17-35(18-13-25)22-23-7-4-14-31-19-23)34-28(24-8-2-1-3-9-24)30(37,26-10-5-15-32-20-26)27-11-6-16-33-21-27/h1-11,14-16,19-21,25,28,37H,12-13,17-18,22H2,(H,34,36). The fraction of sp³-hybridized carbons (Fsp3) is 0.267. The summed E-state index contributed by atoms with van der Waals surface area (Å²) in [5.74, 6) is -0.190. The summed E-state index contributed by atoms with van der Waals surface area (Å²) in [5.41, 5.74) is 1.58. The molecule has 7 heteroatoms. The van der Waals surface area contributed by atoms with Gasteiger partial charge in [0, 0.05) is 60.8 Å². The van der Waals surface area contributed by atoms with Crippen molar-refractivity contribution in [3.8, 4) is 0 Å². The van der Waals surface area contributed by atoms with Crippen molar-refractivity contribution in [3.63, 3.8) is 0 Å². The Bertz CT molecular complexity index is 1230. The minimum Gasteiger partial charge on any atom is -0.378 e. The number of hydrogen-bond acceptors (Lipinski definition) is 6. The highest BCUT2D eigenvalue weighted by atomic mass is 16.3. The highest BCUT2D eigenvalue weighted by Gasteiger charge is 2.43. The summed E-state index contributed by atoms with van der Waals surface area (Å²) in [7, 11) is 0. The van der Waals surface area contributed by atoms with Crippen molar-refractivity contribution in [3.05, 3.63) is 126 Å². The van der Waals surface area contributed by atoms with E-state index in [4.69, 9.17) is 0 Å². The van der Waals surface area contributed by atoms with Crippen LogP contribution in [0.15, 0.2) is 104 Å². The molecule has 1 amide bonds. The minimum atomic E-state index is -1.57. The molecular formula is C30H31N5O2. The van der Waals surface area contributed by atoms with Gasteiger partial charge in [0.2, 0.25) is 5.91 Å². The minimum absolute atomic E-state index is 0.0545. The molecule has 0 bridgehead atoms. The smallest absolute Gasteiger partial charge is 0.223 e. The zero-order chi connectivity index (χ0) is 25.5. The zero-order valence-electron chi connectivity index (χ0n) is 20.6. The number of nitrogens with one attached hydrogen (secondary N) is 1. The molecule has 0 radical (unpaired) electrons. The predicted octanol–water partition coefficient (Wildman–Crippen LogP) is 3.88. The first-order chi connectivity index (χ1) is 18.1. The molecule has 4 aromatic rings. The number of aliphatic hydroxyl groups is 1. The highest BCUT2D eigenvalue weighted by Crippen LogP contribution is 2.41. The fourth-order valence-electron chi connectivity index (χ4n) is 5.11. The second-order valence-electron chi connectivity index (χ2n) is 9.51. The molecule has 1 aliphatic heterocycles. The number of piperidine rings is 1. The number of aromatic nitrogens is 3. The average Bonchev–Trinajstić information content (AvgIpc) is 2.98. The van der Waals surface area contributed by atoms with Crippen LogP contribution in [0.3, 0.4) is 0 Å². The van der Waals surface area contributed by atoms with Gasteiger partial charge in [-0.3, -0.25) is 24.6 Å². The molecule has 1 unspecified atom stereocenters. The monoisotopic (exact) mass is 493 g/mol. The SMILES string of the molecule is O=C(NC(c1ccccc1)C(O)(c1cccnc1)c1cccnc1)C1CCN(Cc2cccnc2)CC1.